The van der Waals surface area contributed by atoms with E-state index >= 15 is 0 Å². The molecule has 4 nitrogen and oxygen atoms in total. The maximum absolute atomic E-state index is 11.5. The van der Waals surface area contributed by atoms with E-state index in [0.717, 1.165) is 25.0 Å². The molecular weight excluding hydrogens is 218 g/mol. The number of aliphatic hydroxyl groups is 1. The first-order chi connectivity index (χ1) is 8.19. The van der Waals surface area contributed by atoms with Crippen molar-refractivity contribution in [2.24, 2.45) is 0 Å². The smallest absolute Gasteiger partial charge is 0.332 e. The second-order valence-electron chi connectivity index (χ2n) is 5.47. The van der Waals surface area contributed by atoms with Crippen molar-refractivity contribution < 1.29 is 14.6 Å². The molecule has 0 aromatic heterocycles. The van der Waals surface area contributed by atoms with Crippen LogP contribution in [-0.2, 0) is 9.53 Å². The third-order valence-electron chi connectivity index (χ3n) is 4.64. The van der Waals surface area contributed by atoms with E-state index in [9.17, 15) is 9.90 Å². The van der Waals surface area contributed by atoms with Gasteiger partial charge in [-0.15, -0.1) is 0 Å². The standard InChI is InChI=1S/C13H15NO3/c15-10-3-4-14-9-2-1-8-5-12(16)17-13(8,7-9)11(14)6-10/h1-2,5,9-11,15H,3-4,6-7H2/t9-,10-,11-,13+/m1/s1. The highest BCUT2D eigenvalue weighted by molar-refractivity contribution is 5.88. The molecule has 0 amide bonds. The number of carbonyl (C=O) groups excluding carboxylic acids is 1. The zero-order chi connectivity index (χ0) is 11.6. The minimum atomic E-state index is -0.460. The fraction of sp³-hybridized carbons (Fsp3) is 0.615. The summed E-state index contributed by atoms with van der Waals surface area (Å²) < 4.78 is 5.63. The molecule has 0 aromatic carbocycles. The molecule has 2 saturated heterocycles. The summed E-state index contributed by atoms with van der Waals surface area (Å²) in [6.07, 6.45) is 7.95. The van der Waals surface area contributed by atoms with Crippen LogP contribution in [0, 0.1) is 0 Å². The van der Waals surface area contributed by atoms with Crippen molar-refractivity contribution in [3.05, 3.63) is 23.8 Å². The summed E-state index contributed by atoms with van der Waals surface area (Å²) in [7, 11) is 0. The van der Waals surface area contributed by atoms with Crippen molar-refractivity contribution in [2.45, 2.75) is 43.1 Å². The third-order valence-corrected chi connectivity index (χ3v) is 4.64. The molecule has 1 spiro atoms. The number of ether oxygens (including phenoxy) is 1. The lowest BCUT2D eigenvalue weighted by atomic mass is 9.80. The van der Waals surface area contributed by atoms with Gasteiger partial charge in [0, 0.05) is 30.7 Å². The maximum atomic E-state index is 11.5. The van der Waals surface area contributed by atoms with E-state index in [-0.39, 0.29) is 18.1 Å². The Morgan fingerprint density at radius 1 is 1.53 bits per heavy atom. The monoisotopic (exact) mass is 233 g/mol. The molecule has 0 saturated carbocycles. The van der Waals surface area contributed by atoms with Crippen LogP contribution in [0.4, 0.5) is 0 Å². The van der Waals surface area contributed by atoms with Crippen LogP contribution in [-0.4, -0.2) is 46.3 Å². The second-order valence-corrected chi connectivity index (χ2v) is 5.47. The number of nitrogens with zero attached hydrogens (tertiary/aromatic N) is 1. The molecule has 17 heavy (non-hydrogen) atoms. The van der Waals surface area contributed by atoms with E-state index in [1.54, 1.807) is 6.08 Å². The predicted molar refractivity (Wildman–Crippen MR) is 60.2 cm³/mol. The number of carbonyl (C=O) groups is 1. The highest BCUT2D eigenvalue weighted by atomic mass is 16.6. The number of esters is 1. The summed E-state index contributed by atoms with van der Waals surface area (Å²) in [5.41, 5.74) is 0.540. The number of fused-ring (bicyclic) bond motifs is 3. The average molecular weight is 233 g/mol. The molecule has 0 radical (unpaired) electrons. The fourth-order valence-electron chi connectivity index (χ4n) is 3.90. The number of piperidine rings is 1. The molecule has 0 aromatic rings. The lowest BCUT2D eigenvalue weighted by Gasteiger charge is -2.39. The van der Waals surface area contributed by atoms with E-state index in [1.165, 1.54) is 0 Å². The Morgan fingerprint density at radius 3 is 3.29 bits per heavy atom. The van der Waals surface area contributed by atoms with Crippen LogP contribution >= 0.6 is 0 Å². The molecule has 4 rings (SSSR count). The number of rotatable bonds is 0. The van der Waals surface area contributed by atoms with Crippen molar-refractivity contribution in [2.75, 3.05) is 6.54 Å². The van der Waals surface area contributed by atoms with Gasteiger partial charge in [-0.3, -0.25) is 4.90 Å². The van der Waals surface area contributed by atoms with Gasteiger partial charge in [-0.1, -0.05) is 12.2 Å². The van der Waals surface area contributed by atoms with E-state index < -0.39 is 5.60 Å². The summed E-state index contributed by atoms with van der Waals surface area (Å²) >= 11 is 0. The normalized spacial score (nSPS) is 47.5. The molecule has 1 aliphatic carbocycles. The highest BCUT2D eigenvalue weighted by Crippen LogP contribution is 2.51. The van der Waals surface area contributed by atoms with E-state index in [1.807, 2.05) is 6.08 Å². The zero-order valence-electron chi connectivity index (χ0n) is 9.50. The van der Waals surface area contributed by atoms with Crippen molar-refractivity contribution in [3.8, 4) is 0 Å². The lowest BCUT2D eigenvalue weighted by molar-refractivity contribution is -0.149. The van der Waals surface area contributed by atoms with Gasteiger partial charge in [-0.2, -0.15) is 0 Å². The second kappa shape index (κ2) is 3.00. The first kappa shape index (κ1) is 9.85. The van der Waals surface area contributed by atoms with Crippen LogP contribution in [0.1, 0.15) is 19.3 Å². The minimum absolute atomic E-state index is 0.156. The molecule has 4 aliphatic rings. The van der Waals surface area contributed by atoms with Crippen molar-refractivity contribution in [3.63, 3.8) is 0 Å². The topological polar surface area (TPSA) is 49.8 Å². The van der Waals surface area contributed by atoms with Crippen molar-refractivity contribution in [1.82, 2.24) is 4.90 Å². The summed E-state index contributed by atoms with van der Waals surface area (Å²) in [5.74, 6) is -0.229. The van der Waals surface area contributed by atoms with Crippen LogP contribution < -0.4 is 0 Å². The number of hydrogen-bond acceptors (Lipinski definition) is 4. The van der Waals surface area contributed by atoms with E-state index in [2.05, 4.69) is 11.0 Å². The summed E-state index contributed by atoms with van der Waals surface area (Å²) in [5, 5.41) is 9.85. The summed E-state index contributed by atoms with van der Waals surface area (Å²) in [4.78, 5) is 13.9. The number of aliphatic hydroxyl groups excluding tert-OH is 1. The van der Waals surface area contributed by atoms with Crippen molar-refractivity contribution >= 4 is 5.97 Å². The number of hydrogen-bond donors (Lipinski definition) is 1. The summed E-state index contributed by atoms with van der Waals surface area (Å²) in [6.45, 7) is 0.896. The molecule has 3 aliphatic heterocycles. The van der Waals surface area contributed by atoms with Gasteiger partial charge in [0.2, 0.25) is 0 Å². The molecule has 90 valence electrons. The summed E-state index contributed by atoms with van der Waals surface area (Å²) in [6, 6.07) is 0.527. The molecule has 3 heterocycles. The Labute approximate surface area is 99.5 Å². The largest absolute Gasteiger partial charge is 0.449 e. The van der Waals surface area contributed by atoms with Crippen LogP contribution in [0.25, 0.3) is 0 Å². The third kappa shape index (κ3) is 1.12. The lowest BCUT2D eigenvalue weighted by Crippen LogP contribution is -2.51. The first-order valence-corrected chi connectivity index (χ1v) is 6.26. The van der Waals surface area contributed by atoms with Gasteiger partial charge in [0.05, 0.1) is 12.1 Å². The van der Waals surface area contributed by atoms with Crippen LogP contribution in [0.2, 0.25) is 0 Å². The minimum Gasteiger partial charge on any atom is -0.449 e. The highest BCUT2D eigenvalue weighted by Gasteiger charge is 2.60. The van der Waals surface area contributed by atoms with Crippen LogP contribution in [0.5, 0.6) is 0 Å². The van der Waals surface area contributed by atoms with Gasteiger partial charge in [-0.05, 0) is 12.8 Å². The molecule has 0 unspecified atom stereocenters. The zero-order valence-corrected chi connectivity index (χ0v) is 9.50. The molecular formula is C13H15NO3. The average Bonchev–Trinajstić information content (AvgIpc) is 2.75. The first-order valence-electron chi connectivity index (χ1n) is 6.26. The van der Waals surface area contributed by atoms with Gasteiger partial charge in [0.1, 0.15) is 0 Å². The Hall–Kier alpha value is -1.13. The molecule has 2 fully saturated rings. The Morgan fingerprint density at radius 2 is 2.41 bits per heavy atom. The Bertz CT molecular complexity index is 456. The Balaban J connectivity index is 1.81. The van der Waals surface area contributed by atoms with Gasteiger partial charge >= 0.3 is 5.97 Å². The quantitative estimate of drug-likeness (QED) is 0.614. The molecule has 2 bridgehead atoms. The molecule has 1 N–H and O–H groups in total. The molecule has 4 heteroatoms. The van der Waals surface area contributed by atoms with Gasteiger partial charge in [-0.25, -0.2) is 4.79 Å². The van der Waals surface area contributed by atoms with Gasteiger partial charge in [0.25, 0.3) is 0 Å². The fourth-order valence-corrected chi connectivity index (χ4v) is 3.90. The van der Waals surface area contributed by atoms with Gasteiger partial charge < -0.3 is 9.84 Å². The van der Waals surface area contributed by atoms with Crippen LogP contribution in [0.15, 0.2) is 23.8 Å². The van der Waals surface area contributed by atoms with Gasteiger partial charge in [0.15, 0.2) is 5.60 Å². The van der Waals surface area contributed by atoms with Crippen molar-refractivity contribution in [1.29, 1.82) is 0 Å². The Kier molecular flexibility index (Phi) is 1.74. The SMILES string of the molecule is O=C1C=C2C=C[C@@H]3C[C@@]2(O1)[C@H]1C[C@H](O)CCN31. The predicted octanol–water partition coefficient (Wildman–Crippen LogP) is 0.376. The van der Waals surface area contributed by atoms with E-state index in [0.29, 0.717) is 12.5 Å². The molecule has 4 atom stereocenters. The van der Waals surface area contributed by atoms with E-state index in [4.69, 9.17) is 4.74 Å². The van der Waals surface area contributed by atoms with Crippen LogP contribution in [0.3, 0.4) is 0 Å². The maximum Gasteiger partial charge on any atom is 0.332 e.